The minimum Gasteiger partial charge on any atom is -0.481 e. The van der Waals surface area contributed by atoms with E-state index in [-0.39, 0.29) is 63.0 Å². The van der Waals surface area contributed by atoms with E-state index < -0.39 is 13.3 Å². The van der Waals surface area contributed by atoms with Crippen molar-refractivity contribution in [1.82, 2.24) is 4.98 Å². The van der Waals surface area contributed by atoms with E-state index >= 15 is 0 Å². The van der Waals surface area contributed by atoms with Crippen molar-refractivity contribution in [1.29, 1.82) is 0 Å². The number of pyridine rings is 1. The van der Waals surface area contributed by atoms with Crippen molar-refractivity contribution >= 4 is 6.98 Å². The summed E-state index contributed by atoms with van der Waals surface area (Å²) in [5.41, 5.74) is -0.00755. The first kappa shape index (κ1) is 14.4. The topological polar surface area (TPSA) is 22.1 Å². The molecule has 0 aliphatic carbocycles. The standard InChI is InChI=1S/C7H8BF3NO.K/c1-13-7-4-2-3-6(12-7)5-8(9,10)11;/h2-4H,5H2,1H3;/q-1;+1. The van der Waals surface area contributed by atoms with Gasteiger partial charge in [-0.25, -0.2) is 4.98 Å². The van der Waals surface area contributed by atoms with E-state index in [9.17, 15) is 12.9 Å². The molecular weight excluding hydrogens is 221 g/mol. The fraction of sp³-hybridized carbons (Fsp3) is 0.286. The first-order valence-electron chi connectivity index (χ1n) is 3.72. The molecule has 0 atom stereocenters. The van der Waals surface area contributed by atoms with E-state index in [4.69, 9.17) is 4.74 Å². The van der Waals surface area contributed by atoms with Gasteiger partial charge in [0.05, 0.1) is 7.11 Å². The number of aromatic nitrogens is 1. The van der Waals surface area contributed by atoms with Gasteiger partial charge in [-0.1, -0.05) is 6.07 Å². The van der Waals surface area contributed by atoms with Crippen LogP contribution in [0.4, 0.5) is 12.9 Å². The van der Waals surface area contributed by atoms with Crippen LogP contribution in [-0.4, -0.2) is 19.1 Å². The zero-order chi connectivity index (χ0) is 9.90. The van der Waals surface area contributed by atoms with Crippen molar-refractivity contribution in [3.63, 3.8) is 0 Å². The van der Waals surface area contributed by atoms with Gasteiger partial charge < -0.3 is 17.7 Å². The second kappa shape index (κ2) is 6.12. The Morgan fingerprint density at radius 1 is 1.36 bits per heavy atom. The van der Waals surface area contributed by atoms with Gasteiger partial charge in [0, 0.05) is 11.8 Å². The van der Waals surface area contributed by atoms with Gasteiger partial charge in [0.2, 0.25) is 5.88 Å². The molecule has 0 fully saturated rings. The molecule has 1 aromatic rings. The molecule has 72 valence electrons. The Balaban J connectivity index is 0.00000169. The Morgan fingerprint density at radius 3 is 2.50 bits per heavy atom. The van der Waals surface area contributed by atoms with Crippen molar-refractivity contribution in [2.24, 2.45) is 0 Å². The number of hydrogen-bond acceptors (Lipinski definition) is 2. The molecule has 0 aliphatic rings. The van der Waals surface area contributed by atoms with Crippen LogP contribution in [0.3, 0.4) is 0 Å². The fourth-order valence-electron chi connectivity index (χ4n) is 0.922. The summed E-state index contributed by atoms with van der Waals surface area (Å²) in [4.78, 5) is 3.65. The number of nitrogens with zero attached hydrogens (tertiary/aromatic N) is 1. The van der Waals surface area contributed by atoms with Gasteiger partial charge in [-0.3, -0.25) is 0 Å². The molecule has 2 nitrogen and oxygen atoms in total. The van der Waals surface area contributed by atoms with Crippen LogP contribution in [0, 0.1) is 0 Å². The average molecular weight is 229 g/mol. The SMILES string of the molecule is COc1cccc(C[B-](F)(F)F)n1.[K+]. The summed E-state index contributed by atoms with van der Waals surface area (Å²) >= 11 is 0. The van der Waals surface area contributed by atoms with Gasteiger partial charge in [0.1, 0.15) is 0 Å². The van der Waals surface area contributed by atoms with Gasteiger partial charge >= 0.3 is 58.4 Å². The summed E-state index contributed by atoms with van der Waals surface area (Å²) in [6.07, 6.45) is -0.961. The number of rotatable bonds is 3. The van der Waals surface area contributed by atoms with Gasteiger partial charge in [0.25, 0.3) is 0 Å². The molecule has 0 aliphatic heterocycles. The van der Waals surface area contributed by atoms with Crippen molar-refractivity contribution in [2.75, 3.05) is 7.11 Å². The largest absolute Gasteiger partial charge is 1.00 e. The first-order chi connectivity index (χ1) is 6.01. The van der Waals surface area contributed by atoms with Crippen molar-refractivity contribution < 1.29 is 69.1 Å². The minimum atomic E-state index is -4.82. The van der Waals surface area contributed by atoms with Crippen LogP contribution in [-0.2, 0) is 6.32 Å². The molecule has 1 rings (SSSR count). The molecule has 0 bridgehead atoms. The Hall–Kier alpha value is 0.441. The molecule has 0 spiro atoms. The molecule has 0 aromatic carbocycles. The molecule has 7 heteroatoms. The second-order valence-electron chi connectivity index (χ2n) is 2.59. The Morgan fingerprint density at radius 2 is 2.00 bits per heavy atom. The number of ether oxygens (including phenoxy) is 1. The van der Waals surface area contributed by atoms with Crippen molar-refractivity contribution in [3.05, 3.63) is 23.9 Å². The zero-order valence-electron chi connectivity index (χ0n) is 8.01. The third kappa shape index (κ3) is 5.35. The molecular formula is C7H8BF3KNO. The fourth-order valence-corrected chi connectivity index (χ4v) is 0.922. The summed E-state index contributed by atoms with van der Waals surface area (Å²) in [6, 6.07) is 4.33. The molecule has 1 aromatic heterocycles. The van der Waals surface area contributed by atoms with E-state index in [2.05, 4.69) is 4.98 Å². The van der Waals surface area contributed by atoms with Gasteiger partial charge in [-0.15, -0.1) is 0 Å². The molecule has 14 heavy (non-hydrogen) atoms. The zero-order valence-corrected chi connectivity index (χ0v) is 11.1. The van der Waals surface area contributed by atoms with Gasteiger partial charge in [-0.05, 0) is 12.4 Å². The molecule has 0 unspecified atom stereocenters. The van der Waals surface area contributed by atoms with Crippen LogP contribution in [0.1, 0.15) is 5.69 Å². The Kier molecular flexibility index (Phi) is 6.31. The maximum Gasteiger partial charge on any atom is 1.00 e. The summed E-state index contributed by atoms with van der Waals surface area (Å²) in [6.45, 7) is -4.82. The Bertz CT molecular complexity index is 295. The molecule has 0 saturated heterocycles. The van der Waals surface area contributed by atoms with Crippen LogP contribution in [0.25, 0.3) is 0 Å². The summed E-state index contributed by atoms with van der Waals surface area (Å²) in [7, 11) is 1.37. The maximum atomic E-state index is 12.0. The maximum absolute atomic E-state index is 12.0. The Labute approximate surface area is 123 Å². The number of methoxy groups -OCH3 is 1. The molecule has 0 saturated carbocycles. The van der Waals surface area contributed by atoms with E-state index in [1.807, 2.05) is 0 Å². The van der Waals surface area contributed by atoms with Crippen molar-refractivity contribution in [2.45, 2.75) is 6.32 Å². The van der Waals surface area contributed by atoms with E-state index in [0.717, 1.165) is 0 Å². The quantitative estimate of drug-likeness (QED) is 0.622. The predicted octanol–water partition coefficient (Wildman–Crippen LogP) is -0.977. The molecule has 0 N–H and O–H groups in total. The van der Waals surface area contributed by atoms with E-state index in [0.29, 0.717) is 0 Å². The van der Waals surface area contributed by atoms with Crippen LogP contribution < -0.4 is 56.1 Å². The molecule has 1 heterocycles. The summed E-state index contributed by atoms with van der Waals surface area (Å²) < 4.78 is 40.6. The van der Waals surface area contributed by atoms with E-state index in [1.54, 1.807) is 0 Å². The summed E-state index contributed by atoms with van der Waals surface area (Å²) in [5.74, 6) is 0.206. The number of halogens is 3. The van der Waals surface area contributed by atoms with Crippen LogP contribution in [0.2, 0.25) is 0 Å². The smallest absolute Gasteiger partial charge is 0.481 e. The van der Waals surface area contributed by atoms with E-state index in [1.165, 1.54) is 25.3 Å². The average Bonchev–Trinajstić information content (AvgIpc) is 2.01. The third-order valence-corrected chi connectivity index (χ3v) is 1.43. The first-order valence-corrected chi connectivity index (χ1v) is 3.72. The predicted molar refractivity (Wildman–Crippen MR) is 43.6 cm³/mol. The second-order valence-corrected chi connectivity index (χ2v) is 2.59. The van der Waals surface area contributed by atoms with Gasteiger partial charge in [0.15, 0.2) is 0 Å². The normalized spacial score (nSPS) is 10.6. The number of hydrogen-bond donors (Lipinski definition) is 0. The van der Waals surface area contributed by atoms with Crippen LogP contribution in [0.5, 0.6) is 5.88 Å². The molecule has 0 amide bonds. The van der Waals surface area contributed by atoms with Gasteiger partial charge in [-0.2, -0.15) is 0 Å². The third-order valence-electron chi connectivity index (χ3n) is 1.43. The van der Waals surface area contributed by atoms with Crippen molar-refractivity contribution in [3.8, 4) is 5.88 Å². The molecule has 0 radical (unpaired) electrons. The minimum absolute atomic E-state index is 0. The van der Waals surface area contributed by atoms with Crippen LogP contribution >= 0.6 is 0 Å². The monoisotopic (exact) mass is 229 g/mol. The van der Waals surface area contributed by atoms with Crippen LogP contribution in [0.15, 0.2) is 18.2 Å². The summed E-state index contributed by atoms with van der Waals surface area (Å²) in [5, 5.41) is 0.